The molecule has 2 heteroatoms. The Morgan fingerprint density at radius 3 is 2.00 bits per heavy atom. The third kappa shape index (κ3) is 19.2. The predicted octanol–water partition coefficient (Wildman–Crippen LogP) is 13.5. The van der Waals surface area contributed by atoms with E-state index in [1.54, 1.807) is 6.92 Å². The minimum absolute atomic E-state index is 0. The van der Waals surface area contributed by atoms with E-state index in [1.165, 1.54) is 27.8 Å². The Labute approximate surface area is 293 Å². The third-order valence-corrected chi connectivity index (χ3v) is 8.14. The Bertz CT molecular complexity index is 1210. The van der Waals surface area contributed by atoms with Crippen molar-refractivity contribution >= 4 is 5.69 Å². The van der Waals surface area contributed by atoms with E-state index in [2.05, 4.69) is 140 Å². The van der Waals surface area contributed by atoms with Crippen LogP contribution in [0.25, 0.3) is 11.1 Å². The lowest BCUT2D eigenvalue weighted by Gasteiger charge is -2.29. The zero-order valence-electron chi connectivity index (χ0n) is 31.7. The van der Waals surface area contributed by atoms with Crippen LogP contribution in [0.15, 0.2) is 90.6 Å². The fraction of sp³-hybridized carbons (Fsp3) is 0.511. The van der Waals surface area contributed by atoms with Gasteiger partial charge in [-0.3, -0.25) is 0 Å². The molecule has 4 unspecified atom stereocenters. The molecular weight excluding hydrogens is 571 g/mol. The lowest BCUT2D eigenvalue weighted by atomic mass is 9.78. The number of nitrogen functional groups attached to an aromatic ring is 1. The van der Waals surface area contributed by atoms with Gasteiger partial charge in [0.2, 0.25) is 0 Å². The van der Waals surface area contributed by atoms with Crippen molar-refractivity contribution in [2.75, 3.05) is 5.73 Å². The van der Waals surface area contributed by atoms with Gasteiger partial charge in [-0.1, -0.05) is 166 Å². The highest BCUT2D eigenvalue weighted by Crippen LogP contribution is 2.38. The van der Waals surface area contributed by atoms with Crippen molar-refractivity contribution in [1.82, 2.24) is 0 Å². The smallest absolute Gasteiger partial charge is 0.0568 e. The molecule has 3 N–H and O–H groups in total. The first-order valence-electron chi connectivity index (χ1n) is 17.7. The van der Waals surface area contributed by atoms with Gasteiger partial charge in [-0.2, -0.15) is 0 Å². The number of aliphatic hydroxyl groups excluding tert-OH is 1. The Morgan fingerprint density at radius 1 is 0.957 bits per heavy atom. The lowest BCUT2D eigenvalue weighted by molar-refractivity contribution is 0.0847. The average molecular weight is 644 g/mol. The van der Waals surface area contributed by atoms with Crippen molar-refractivity contribution in [1.29, 1.82) is 0 Å². The average Bonchev–Trinajstić information content (AvgIpc) is 3.24. The molecule has 2 aromatic rings. The second kappa shape index (κ2) is 28.9. The van der Waals surface area contributed by atoms with Crippen molar-refractivity contribution in [3.05, 3.63) is 102 Å². The second-order valence-corrected chi connectivity index (χ2v) is 11.9. The van der Waals surface area contributed by atoms with Crippen LogP contribution in [-0.2, 0) is 0 Å². The molecule has 0 heterocycles. The summed E-state index contributed by atoms with van der Waals surface area (Å²) in [5.41, 5.74) is 14.6. The van der Waals surface area contributed by atoms with Gasteiger partial charge in [0.1, 0.15) is 0 Å². The molecule has 0 saturated carbocycles. The van der Waals surface area contributed by atoms with Crippen LogP contribution >= 0.6 is 0 Å². The summed E-state index contributed by atoms with van der Waals surface area (Å²) in [6, 6.07) is 15.0. The maximum Gasteiger partial charge on any atom is 0.0568 e. The van der Waals surface area contributed by atoms with E-state index in [-0.39, 0.29) is 19.4 Å². The van der Waals surface area contributed by atoms with Crippen LogP contribution in [0.4, 0.5) is 5.69 Å². The number of rotatable bonds is 11. The molecule has 0 aromatic heterocycles. The predicted molar refractivity (Wildman–Crippen MR) is 217 cm³/mol. The molecule has 0 bridgehead atoms. The van der Waals surface area contributed by atoms with Crippen molar-refractivity contribution < 1.29 is 5.11 Å². The van der Waals surface area contributed by atoms with E-state index >= 15 is 0 Å². The molecule has 264 valence electrons. The number of hydrogen-bond donors (Lipinski definition) is 2. The molecule has 0 spiro atoms. The van der Waals surface area contributed by atoms with E-state index in [4.69, 9.17) is 5.73 Å². The van der Waals surface area contributed by atoms with Gasteiger partial charge in [0.15, 0.2) is 0 Å². The van der Waals surface area contributed by atoms with E-state index in [1.807, 2.05) is 27.7 Å². The summed E-state index contributed by atoms with van der Waals surface area (Å²) in [7, 11) is 0. The zero-order chi connectivity index (χ0) is 35.7. The van der Waals surface area contributed by atoms with E-state index in [0.717, 1.165) is 43.4 Å². The number of terminal acetylenes is 1. The number of aliphatic hydroxyl groups is 1. The number of nitrogens with two attached hydrogens (primary N) is 1. The summed E-state index contributed by atoms with van der Waals surface area (Å²) in [6.45, 7) is 29.0. The van der Waals surface area contributed by atoms with Crippen LogP contribution in [0.5, 0.6) is 0 Å². The van der Waals surface area contributed by atoms with Gasteiger partial charge in [0, 0.05) is 5.69 Å². The summed E-state index contributed by atoms with van der Waals surface area (Å²) in [4.78, 5) is 0. The van der Waals surface area contributed by atoms with Crippen LogP contribution in [0, 0.1) is 37.0 Å². The highest BCUT2D eigenvalue weighted by atomic mass is 16.3. The zero-order valence-corrected chi connectivity index (χ0v) is 31.7. The molecule has 1 aliphatic rings. The molecule has 3 rings (SSSR count). The summed E-state index contributed by atoms with van der Waals surface area (Å²) in [6.07, 6.45) is 20.2. The molecule has 0 fully saturated rings. The molecular formula is C45H73NO. The number of allylic oxidation sites excluding steroid dienone is 7. The lowest BCUT2D eigenvalue weighted by Crippen LogP contribution is -2.22. The van der Waals surface area contributed by atoms with Crippen LogP contribution in [0.1, 0.15) is 133 Å². The fourth-order valence-electron chi connectivity index (χ4n) is 5.49. The number of anilines is 1. The topological polar surface area (TPSA) is 46.2 Å². The van der Waals surface area contributed by atoms with E-state index in [9.17, 15) is 5.11 Å². The molecule has 0 saturated heterocycles. The highest BCUT2D eigenvalue weighted by molar-refractivity contribution is 5.69. The summed E-state index contributed by atoms with van der Waals surface area (Å²) >= 11 is 0. The van der Waals surface area contributed by atoms with E-state index in [0.29, 0.717) is 17.8 Å². The Balaban J connectivity index is -0.000000946. The summed E-state index contributed by atoms with van der Waals surface area (Å²) in [5.74, 6) is 3.83. The largest absolute Gasteiger partial charge is 0.398 e. The maximum atomic E-state index is 10.7. The van der Waals surface area contributed by atoms with Crippen molar-refractivity contribution in [2.45, 2.75) is 135 Å². The minimum Gasteiger partial charge on any atom is -0.398 e. The van der Waals surface area contributed by atoms with Gasteiger partial charge in [0.25, 0.3) is 0 Å². The quantitative estimate of drug-likeness (QED) is 0.145. The molecule has 2 nitrogen and oxygen atoms in total. The van der Waals surface area contributed by atoms with Crippen LogP contribution in [0.2, 0.25) is 0 Å². The third-order valence-electron chi connectivity index (χ3n) is 8.14. The Hall–Kier alpha value is -3.28. The standard InChI is InChI=1S/C28H41NO.C9H12.C3H4.2C2H6.CH4/c1-7-9-22(8-2)28(30)17-16-25(19(3)4)21(6)26-15-14-24(18-27(26)29)23-12-10-20(5)11-13-23;1-8-4-3-5-9(2)7-6-8;1-3-2;2*1-2;/h10-15,18,21-22,25,28,30H,3,7-9,16-17,29H2,1-2,4-6H3;3-8H,1-2H3;1H,2H3;2*1-2H3;1H4/t21?,22?,25-,28?;;;;;/m0...../s1. The molecule has 0 radical (unpaired) electrons. The Morgan fingerprint density at radius 2 is 1.51 bits per heavy atom. The van der Waals surface area contributed by atoms with Gasteiger partial charge in [-0.25, -0.2) is 0 Å². The van der Waals surface area contributed by atoms with Crippen molar-refractivity contribution in [2.24, 2.45) is 17.8 Å². The summed E-state index contributed by atoms with van der Waals surface area (Å²) in [5, 5.41) is 10.7. The molecule has 2 aromatic carbocycles. The molecule has 47 heavy (non-hydrogen) atoms. The molecule has 0 aliphatic heterocycles. The number of aryl methyl sites for hydroxylation is 1. The first-order valence-corrected chi connectivity index (χ1v) is 17.7. The van der Waals surface area contributed by atoms with Crippen LogP contribution in [-0.4, -0.2) is 11.2 Å². The number of hydrogen-bond acceptors (Lipinski definition) is 2. The first kappa shape index (κ1) is 48.1. The SMILES string of the molecule is C.C#CC.C=C(C)[C@H](CCC(O)C(CC)CCC)C(C)c1ccc(-c2ccc(C)cc2)cc1N.CC.CC.CC1=CC=CC(C)C=C1. The maximum absolute atomic E-state index is 10.7. The molecule has 5 atom stereocenters. The van der Waals surface area contributed by atoms with Crippen molar-refractivity contribution in [3.8, 4) is 23.5 Å². The summed E-state index contributed by atoms with van der Waals surface area (Å²) < 4.78 is 0. The van der Waals surface area contributed by atoms with Crippen molar-refractivity contribution in [3.63, 3.8) is 0 Å². The van der Waals surface area contributed by atoms with Gasteiger partial charge < -0.3 is 10.8 Å². The number of benzene rings is 2. The Kier molecular flexibility index (Phi) is 29.6. The van der Waals surface area contributed by atoms with E-state index < -0.39 is 0 Å². The van der Waals surface area contributed by atoms with Crippen LogP contribution < -0.4 is 5.73 Å². The fourth-order valence-corrected chi connectivity index (χ4v) is 5.49. The first-order chi connectivity index (χ1) is 22.0. The highest BCUT2D eigenvalue weighted by Gasteiger charge is 2.24. The second-order valence-electron chi connectivity index (χ2n) is 11.9. The van der Waals surface area contributed by atoms with Crippen LogP contribution in [0.3, 0.4) is 0 Å². The molecule has 1 aliphatic carbocycles. The molecule has 0 amide bonds. The van der Waals surface area contributed by atoms with Gasteiger partial charge >= 0.3 is 0 Å². The monoisotopic (exact) mass is 644 g/mol. The normalized spacial score (nSPS) is 15.1. The van der Waals surface area contributed by atoms with Gasteiger partial charge in [0.05, 0.1) is 6.10 Å². The van der Waals surface area contributed by atoms with Gasteiger partial charge in [-0.15, -0.1) is 12.3 Å². The minimum atomic E-state index is -0.231. The van der Waals surface area contributed by atoms with Gasteiger partial charge in [-0.05, 0) is 93.4 Å².